The van der Waals surface area contributed by atoms with Gasteiger partial charge in [0.25, 0.3) is 5.56 Å². The summed E-state index contributed by atoms with van der Waals surface area (Å²) < 4.78 is 1.69. The Labute approximate surface area is 119 Å². The minimum Gasteiger partial charge on any atom is -0.393 e. The Morgan fingerprint density at radius 1 is 1.40 bits per heavy atom. The summed E-state index contributed by atoms with van der Waals surface area (Å²) in [6.45, 7) is 0. The molecule has 20 heavy (non-hydrogen) atoms. The van der Waals surface area contributed by atoms with E-state index in [0.717, 1.165) is 11.0 Å². The molecule has 2 aromatic heterocycles. The Kier molecular flexibility index (Phi) is 3.03. The molecule has 0 aliphatic carbocycles. The van der Waals surface area contributed by atoms with Crippen molar-refractivity contribution >= 4 is 28.2 Å². The number of benzene rings is 1. The summed E-state index contributed by atoms with van der Waals surface area (Å²) in [5, 5.41) is 0. The number of hydrogen-bond acceptors (Lipinski definition) is 4. The average molecular weight is 285 g/mol. The van der Waals surface area contributed by atoms with Gasteiger partial charge in [-0.1, -0.05) is 24.4 Å². The Morgan fingerprint density at radius 2 is 2.20 bits per heavy atom. The Hall–Kier alpha value is -2.54. The summed E-state index contributed by atoms with van der Waals surface area (Å²) >= 11 is 4.94. The molecule has 0 saturated carbocycles. The molecule has 0 saturated heterocycles. The first-order chi connectivity index (χ1) is 9.66. The summed E-state index contributed by atoms with van der Waals surface area (Å²) in [4.78, 5) is 23.5. The lowest BCUT2D eigenvalue weighted by molar-refractivity contribution is 0.903. The number of nitrogens with one attached hydrogen (secondary N) is 1. The second-order valence-corrected chi connectivity index (χ2v) is 4.76. The molecule has 3 aromatic rings. The molecule has 0 spiro atoms. The van der Waals surface area contributed by atoms with Crippen LogP contribution in [0.2, 0.25) is 0 Å². The second kappa shape index (κ2) is 4.86. The number of aromatic amines is 1. The Morgan fingerprint density at radius 3 is 2.95 bits per heavy atom. The van der Waals surface area contributed by atoms with Crippen molar-refractivity contribution in [3.8, 4) is 5.82 Å². The van der Waals surface area contributed by atoms with Gasteiger partial charge in [-0.15, -0.1) is 0 Å². The van der Waals surface area contributed by atoms with E-state index >= 15 is 0 Å². The summed E-state index contributed by atoms with van der Waals surface area (Å²) in [7, 11) is 0. The number of imidazole rings is 1. The maximum atomic E-state index is 12.0. The van der Waals surface area contributed by atoms with E-state index < -0.39 is 0 Å². The van der Waals surface area contributed by atoms with E-state index in [1.54, 1.807) is 4.57 Å². The number of para-hydroxylation sites is 2. The predicted molar refractivity (Wildman–Crippen MR) is 80.0 cm³/mol. The molecular weight excluding hydrogens is 274 g/mol. The second-order valence-electron chi connectivity index (χ2n) is 4.24. The minimum atomic E-state index is -0.292. The number of thiocarbonyl (C=S) groups is 1. The van der Waals surface area contributed by atoms with Gasteiger partial charge < -0.3 is 10.7 Å². The summed E-state index contributed by atoms with van der Waals surface area (Å²) in [5.74, 6) is 0.857. The minimum absolute atomic E-state index is 0.257. The van der Waals surface area contributed by atoms with E-state index in [2.05, 4.69) is 15.0 Å². The zero-order valence-electron chi connectivity index (χ0n) is 10.4. The van der Waals surface area contributed by atoms with Crippen molar-refractivity contribution in [3.05, 3.63) is 52.8 Å². The van der Waals surface area contributed by atoms with Crippen molar-refractivity contribution < 1.29 is 0 Å². The van der Waals surface area contributed by atoms with Gasteiger partial charge in [-0.05, 0) is 12.1 Å². The molecule has 0 bridgehead atoms. The van der Waals surface area contributed by atoms with E-state index in [9.17, 15) is 4.79 Å². The maximum Gasteiger partial charge on any atom is 0.291 e. The molecule has 3 N–H and O–H groups in total. The third kappa shape index (κ3) is 2.08. The van der Waals surface area contributed by atoms with Crippen LogP contribution in [0.25, 0.3) is 16.9 Å². The van der Waals surface area contributed by atoms with E-state index in [0.29, 0.717) is 17.2 Å². The molecule has 0 unspecified atom stereocenters. The highest BCUT2D eigenvalue weighted by atomic mass is 32.1. The lowest BCUT2D eigenvalue weighted by Crippen LogP contribution is -2.20. The molecule has 0 aliphatic heterocycles. The lowest BCUT2D eigenvalue weighted by atomic mass is 10.3. The normalized spacial score (nSPS) is 10.8. The van der Waals surface area contributed by atoms with Crippen LogP contribution < -0.4 is 11.3 Å². The van der Waals surface area contributed by atoms with E-state index in [1.807, 2.05) is 24.3 Å². The number of nitrogens with two attached hydrogens (primary N) is 1. The summed E-state index contributed by atoms with van der Waals surface area (Å²) in [6.07, 6.45) is 3.31. The highest BCUT2D eigenvalue weighted by molar-refractivity contribution is 7.80. The fourth-order valence-corrected chi connectivity index (χ4v) is 2.22. The fourth-order valence-electron chi connectivity index (χ4n) is 2.09. The number of hydrogen-bond donors (Lipinski definition) is 2. The van der Waals surface area contributed by atoms with Crippen LogP contribution in [0, 0.1) is 0 Å². The third-order valence-electron chi connectivity index (χ3n) is 2.86. The molecule has 0 fully saturated rings. The number of aromatic nitrogens is 4. The van der Waals surface area contributed by atoms with Gasteiger partial charge in [-0.2, -0.15) is 0 Å². The van der Waals surface area contributed by atoms with Gasteiger partial charge >= 0.3 is 0 Å². The Balaban J connectivity index is 2.34. The average Bonchev–Trinajstić information content (AvgIpc) is 2.76. The summed E-state index contributed by atoms with van der Waals surface area (Å²) in [6, 6.07) is 7.50. The van der Waals surface area contributed by atoms with Crippen molar-refractivity contribution in [1.29, 1.82) is 0 Å². The molecule has 0 radical (unpaired) electrons. The molecule has 100 valence electrons. The number of H-pyrrole nitrogens is 1. The quantitative estimate of drug-likeness (QED) is 0.699. The van der Waals surface area contributed by atoms with Crippen molar-refractivity contribution in [2.75, 3.05) is 0 Å². The van der Waals surface area contributed by atoms with E-state index in [-0.39, 0.29) is 11.4 Å². The van der Waals surface area contributed by atoms with Gasteiger partial charge in [0.15, 0.2) is 0 Å². The topological polar surface area (TPSA) is 89.6 Å². The van der Waals surface area contributed by atoms with Crippen molar-refractivity contribution in [2.45, 2.75) is 6.42 Å². The molecule has 2 heterocycles. The zero-order valence-corrected chi connectivity index (χ0v) is 11.2. The first-order valence-corrected chi connectivity index (χ1v) is 6.36. The fraction of sp³-hybridized carbons (Fsp3) is 0.0769. The van der Waals surface area contributed by atoms with Gasteiger partial charge in [0.1, 0.15) is 5.82 Å². The SMILES string of the molecule is NC(=S)Cc1nc2ccccc2n1-c1ncc[nH]c1=O. The van der Waals surface area contributed by atoms with Gasteiger partial charge in [0.05, 0.1) is 22.4 Å². The lowest BCUT2D eigenvalue weighted by Gasteiger charge is -2.06. The largest absolute Gasteiger partial charge is 0.393 e. The molecule has 1 aromatic carbocycles. The smallest absolute Gasteiger partial charge is 0.291 e. The molecule has 6 nitrogen and oxygen atoms in total. The standard InChI is InChI=1S/C13H11N5OS/c14-10(20)7-11-17-8-3-1-2-4-9(8)18(11)12-13(19)16-6-5-15-12/h1-6H,7H2,(H2,14,20)(H,16,19). The van der Waals surface area contributed by atoms with E-state index in [4.69, 9.17) is 18.0 Å². The van der Waals surface area contributed by atoms with Crippen LogP contribution in [0.15, 0.2) is 41.5 Å². The van der Waals surface area contributed by atoms with Gasteiger partial charge in [0, 0.05) is 12.4 Å². The predicted octanol–water partition coefficient (Wildman–Crippen LogP) is 0.937. The van der Waals surface area contributed by atoms with Gasteiger partial charge in [0.2, 0.25) is 5.82 Å². The molecule has 3 rings (SSSR count). The number of fused-ring (bicyclic) bond motifs is 1. The van der Waals surface area contributed by atoms with Gasteiger partial charge in [-0.3, -0.25) is 9.36 Å². The zero-order chi connectivity index (χ0) is 14.1. The first-order valence-electron chi connectivity index (χ1n) is 5.95. The van der Waals surface area contributed by atoms with Crippen LogP contribution >= 0.6 is 12.2 Å². The molecular formula is C13H11N5OS. The van der Waals surface area contributed by atoms with Crippen LogP contribution in [-0.4, -0.2) is 24.5 Å². The van der Waals surface area contributed by atoms with Crippen LogP contribution in [0.3, 0.4) is 0 Å². The van der Waals surface area contributed by atoms with Crippen LogP contribution in [-0.2, 0) is 6.42 Å². The van der Waals surface area contributed by atoms with Crippen LogP contribution in [0.4, 0.5) is 0 Å². The monoisotopic (exact) mass is 285 g/mol. The van der Waals surface area contributed by atoms with Gasteiger partial charge in [-0.25, -0.2) is 9.97 Å². The van der Waals surface area contributed by atoms with E-state index in [1.165, 1.54) is 12.4 Å². The molecule has 0 aliphatic rings. The molecule has 0 amide bonds. The number of rotatable bonds is 3. The van der Waals surface area contributed by atoms with Crippen molar-refractivity contribution in [2.24, 2.45) is 5.73 Å². The highest BCUT2D eigenvalue weighted by Crippen LogP contribution is 2.18. The molecule has 7 heteroatoms. The number of nitrogens with zero attached hydrogens (tertiary/aromatic N) is 3. The van der Waals surface area contributed by atoms with Crippen LogP contribution in [0.1, 0.15) is 5.82 Å². The molecule has 0 atom stereocenters. The summed E-state index contributed by atoms with van der Waals surface area (Å²) in [5.41, 5.74) is 6.87. The highest BCUT2D eigenvalue weighted by Gasteiger charge is 2.15. The Bertz CT molecular complexity index is 851. The maximum absolute atomic E-state index is 12.0. The van der Waals surface area contributed by atoms with Crippen LogP contribution in [0.5, 0.6) is 0 Å². The van der Waals surface area contributed by atoms with Crippen molar-refractivity contribution in [1.82, 2.24) is 19.5 Å². The first kappa shape index (κ1) is 12.5. The van der Waals surface area contributed by atoms with Crippen molar-refractivity contribution in [3.63, 3.8) is 0 Å². The third-order valence-corrected chi connectivity index (χ3v) is 3.01.